The number of carboxylic acids is 1. The average molecular weight is 327 g/mol. The molecule has 0 unspecified atom stereocenters. The lowest BCUT2D eigenvalue weighted by Gasteiger charge is -2.29. The SMILES string of the molecule is O=C(NC1(C(=O)O)CCCCCC1)c1ccc(-n2ccnc2)cc1. The van der Waals surface area contributed by atoms with Crippen LogP contribution in [0.5, 0.6) is 0 Å². The van der Waals surface area contributed by atoms with Crippen molar-refractivity contribution >= 4 is 11.9 Å². The molecule has 1 fully saturated rings. The van der Waals surface area contributed by atoms with E-state index in [1.54, 1.807) is 24.7 Å². The summed E-state index contributed by atoms with van der Waals surface area (Å²) in [5, 5.41) is 12.4. The summed E-state index contributed by atoms with van der Waals surface area (Å²) in [6, 6.07) is 7.04. The molecule has 1 aromatic carbocycles. The van der Waals surface area contributed by atoms with E-state index in [0.717, 1.165) is 31.4 Å². The van der Waals surface area contributed by atoms with Gasteiger partial charge in [-0.15, -0.1) is 0 Å². The summed E-state index contributed by atoms with van der Waals surface area (Å²) < 4.78 is 1.84. The van der Waals surface area contributed by atoms with Crippen LogP contribution in [0.4, 0.5) is 0 Å². The van der Waals surface area contributed by atoms with Gasteiger partial charge >= 0.3 is 5.97 Å². The van der Waals surface area contributed by atoms with Gasteiger partial charge in [0.15, 0.2) is 0 Å². The number of nitrogens with zero attached hydrogens (tertiary/aromatic N) is 2. The number of carboxylic acid groups (broad SMARTS) is 1. The number of hydrogen-bond acceptors (Lipinski definition) is 3. The van der Waals surface area contributed by atoms with Crippen LogP contribution in [-0.2, 0) is 4.79 Å². The lowest BCUT2D eigenvalue weighted by Crippen LogP contribution is -2.54. The van der Waals surface area contributed by atoms with Crippen LogP contribution in [0.1, 0.15) is 48.9 Å². The van der Waals surface area contributed by atoms with Gasteiger partial charge in [0.2, 0.25) is 0 Å². The van der Waals surface area contributed by atoms with Gasteiger partial charge in [0.05, 0.1) is 6.33 Å². The van der Waals surface area contributed by atoms with Gasteiger partial charge in [0.1, 0.15) is 5.54 Å². The Morgan fingerprint density at radius 1 is 1.08 bits per heavy atom. The first-order valence-electron chi connectivity index (χ1n) is 8.25. The first kappa shape index (κ1) is 16.2. The summed E-state index contributed by atoms with van der Waals surface area (Å²) in [7, 11) is 0. The Kier molecular flexibility index (Phi) is 4.64. The second-order valence-corrected chi connectivity index (χ2v) is 6.27. The number of aromatic nitrogens is 2. The number of rotatable bonds is 4. The highest BCUT2D eigenvalue weighted by Crippen LogP contribution is 2.28. The van der Waals surface area contributed by atoms with Crippen LogP contribution in [-0.4, -0.2) is 32.1 Å². The summed E-state index contributed by atoms with van der Waals surface area (Å²) in [6.07, 6.45) is 9.85. The second kappa shape index (κ2) is 6.86. The van der Waals surface area contributed by atoms with Gasteiger partial charge in [-0.25, -0.2) is 9.78 Å². The quantitative estimate of drug-likeness (QED) is 0.846. The van der Waals surface area contributed by atoms with E-state index in [2.05, 4.69) is 10.3 Å². The molecule has 0 saturated heterocycles. The molecule has 1 amide bonds. The van der Waals surface area contributed by atoms with Crippen LogP contribution in [0.25, 0.3) is 5.69 Å². The predicted octanol–water partition coefficient (Wildman–Crippen LogP) is 2.78. The van der Waals surface area contributed by atoms with E-state index in [-0.39, 0.29) is 5.91 Å². The molecular formula is C18H21N3O3. The molecule has 1 aliphatic rings. The Balaban J connectivity index is 1.76. The molecule has 0 radical (unpaired) electrons. The molecule has 0 spiro atoms. The number of carbonyl (C=O) groups is 2. The van der Waals surface area contributed by atoms with Crippen molar-refractivity contribution in [2.75, 3.05) is 0 Å². The number of hydrogen-bond donors (Lipinski definition) is 2. The van der Waals surface area contributed by atoms with Crippen LogP contribution < -0.4 is 5.32 Å². The maximum atomic E-state index is 12.5. The second-order valence-electron chi connectivity index (χ2n) is 6.27. The highest BCUT2D eigenvalue weighted by Gasteiger charge is 2.40. The van der Waals surface area contributed by atoms with E-state index in [4.69, 9.17) is 0 Å². The van der Waals surface area contributed by atoms with E-state index in [9.17, 15) is 14.7 Å². The molecule has 1 aliphatic carbocycles. The number of carbonyl (C=O) groups excluding carboxylic acids is 1. The molecule has 0 atom stereocenters. The zero-order chi connectivity index (χ0) is 17.0. The number of nitrogens with one attached hydrogen (secondary N) is 1. The molecular weight excluding hydrogens is 306 g/mol. The number of imidazole rings is 1. The van der Waals surface area contributed by atoms with E-state index < -0.39 is 11.5 Å². The zero-order valence-corrected chi connectivity index (χ0v) is 13.4. The van der Waals surface area contributed by atoms with Gasteiger partial charge in [-0.3, -0.25) is 4.79 Å². The molecule has 3 rings (SSSR count). The van der Waals surface area contributed by atoms with Crippen molar-refractivity contribution in [2.45, 2.75) is 44.1 Å². The lowest BCUT2D eigenvalue weighted by atomic mass is 9.90. The molecule has 6 heteroatoms. The Morgan fingerprint density at radius 2 is 1.75 bits per heavy atom. The maximum Gasteiger partial charge on any atom is 0.329 e. The maximum absolute atomic E-state index is 12.5. The molecule has 0 bridgehead atoms. The van der Waals surface area contributed by atoms with Crippen LogP contribution in [0, 0.1) is 0 Å². The average Bonchev–Trinajstić information content (AvgIpc) is 3.02. The van der Waals surface area contributed by atoms with Gasteiger partial charge < -0.3 is 15.0 Å². The Hall–Kier alpha value is -2.63. The Morgan fingerprint density at radius 3 is 2.29 bits per heavy atom. The minimum absolute atomic E-state index is 0.337. The Labute approximate surface area is 140 Å². The van der Waals surface area contributed by atoms with Crippen molar-refractivity contribution < 1.29 is 14.7 Å². The first-order chi connectivity index (χ1) is 11.6. The third-order valence-electron chi connectivity index (χ3n) is 4.65. The van der Waals surface area contributed by atoms with Crippen molar-refractivity contribution in [1.29, 1.82) is 0 Å². The molecule has 6 nitrogen and oxygen atoms in total. The molecule has 2 N–H and O–H groups in total. The van der Waals surface area contributed by atoms with Crippen molar-refractivity contribution in [3.63, 3.8) is 0 Å². The van der Waals surface area contributed by atoms with E-state index in [0.29, 0.717) is 18.4 Å². The lowest BCUT2D eigenvalue weighted by molar-refractivity contribution is -0.145. The number of amides is 1. The van der Waals surface area contributed by atoms with Crippen LogP contribution >= 0.6 is 0 Å². The fourth-order valence-corrected chi connectivity index (χ4v) is 3.21. The minimum atomic E-state index is -1.14. The summed E-state index contributed by atoms with van der Waals surface area (Å²) in [5.41, 5.74) is 0.214. The van der Waals surface area contributed by atoms with Crippen molar-refractivity contribution in [3.05, 3.63) is 48.5 Å². The normalized spacial score (nSPS) is 17.0. The van der Waals surface area contributed by atoms with E-state index >= 15 is 0 Å². The molecule has 1 heterocycles. The molecule has 126 valence electrons. The third-order valence-corrected chi connectivity index (χ3v) is 4.65. The molecule has 2 aromatic rings. The molecule has 1 saturated carbocycles. The summed E-state index contributed by atoms with van der Waals surface area (Å²) >= 11 is 0. The predicted molar refractivity (Wildman–Crippen MR) is 89.1 cm³/mol. The number of aliphatic carboxylic acids is 1. The fraction of sp³-hybridized carbons (Fsp3) is 0.389. The molecule has 1 aromatic heterocycles. The standard InChI is InChI=1S/C18H21N3O3/c22-16(20-18(17(23)24)9-3-1-2-4-10-18)14-5-7-15(8-6-14)21-12-11-19-13-21/h5-8,11-13H,1-4,9-10H2,(H,20,22)(H,23,24). The highest BCUT2D eigenvalue weighted by molar-refractivity contribution is 5.98. The topological polar surface area (TPSA) is 84.2 Å². The largest absolute Gasteiger partial charge is 0.480 e. The molecule has 0 aliphatic heterocycles. The van der Waals surface area contributed by atoms with Crippen molar-refractivity contribution in [1.82, 2.24) is 14.9 Å². The highest BCUT2D eigenvalue weighted by atomic mass is 16.4. The van der Waals surface area contributed by atoms with Gasteiger partial charge in [-0.1, -0.05) is 25.7 Å². The van der Waals surface area contributed by atoms with Gasteiger partial charge in [-0.2, -0.15) is 0 Å². The summed E-state index contributed by atoms with van der Waals surface area (Å²) in [6.45, 7) is 0. The molecule has 24 heavy (non-hydrogen) atoms. The van der Waals surface area contributed by atoms with Gasteiger partial charge in [-0.05, 0) is 37.1 Å². The van der Waals surface area contributed by atoms with E-state index in [1.165, 1.54) is 0 Å². The summed E-state index contributed by atoms with van der Waals surface area (Å²) in [4.78, 5) is 28.3. The minimum Gasteiger partial charge on any atom is -0.480 e. The van der Waals surface area contributed by atoms with Gasteiger partial charge in [0.25, 0.3) is 5.91 Å². The zero-order valence-electron chi connectivity index (χ0n) is 13.4. The third kappa shape index (κ3) is 3.32. The summed E-state index contributed by atoms with van der Waals surface area (Å²) in [5.74, 6) is -1.27. The van der Waals surface area contributed by atoms with Crippen LogP contribution in [0.3, 0.4) is 0 Å². The smallest absolute Gasteiger partial charge is 0.329 e. The van der Waals surface area contributed by atoms with Crippen LogP contribution in [0.15, 0.2) is 43.0 Å². The van der Waals surface area contributed by atoms with Crippen LogP contribution in [0.2, 0.25) is 0 Å². The van der Waals surface area contributed by atoms with E-state index in [1.807, 2.05) is 22.9 Å². The fourth-order valence-electron chi connectivity index (χ4n) is 3.21. The van der Waals surface area contributed by atoms with Crippen molar-refractivity contribution in [2.24, 2.45) is 0 Å². The van der Waals surface area contributed by atoms with Crippen molar-refractivity contribution in [3.8, 4) is 5.69 Å². The Bertz CT molecular complexity index is 700. The monoisotopic (exact) mass is 327 g/mol. The van der Waals surface area contributed by atoms with Gasteiger partial charge in [0, 0.05) is 23.6 Å². The first-order valence-corrected chi connectivity index (χ1v) is 8.25. The number of benzene rings is 1.